The summed E-state index contributed by atoms with van der Waals surface area (Å²) in [6, 6.07) is 13.5. The molecule has 5 nitrogen and oxygen atoms in total. The number of phenolic OH excluding ortho intramolecular Hbond substituents is 1. The van der Waals surface area contributed by atoms with Crippen LogP contribution in [0.1, 0.15) is 5.56 Å². The second-order valence-corrected chi connectivity index (χ2v) is 3.80. The summed E-state index contributed by atoms with van der Waals surface area (Å²) in [5.41, 5.74) is 1.33. The lowest BCUT2D eigenvalue weighted by Gasteiger charge is -2.08. The van der Waals surface area contributed by atoms with Crippen molar-refractivity contribution in [3.05, 3.63) is 64.2 Å². The van der Waals surface area contributed by atoms with E-state index in [-0.39, 0.29) is 11.4 Å². The van der Waals surface area contributed by atoms with Crippen molar-refractivity contribution in [2.75, 3.05) is 5.32 Å². The molecule has 2 aromatic carbocycles. The highest BCUT2D eigenvalue weighted by atomic mass is 16.6. The van der Waals surface area contributed by atoms with Crippen molar-refractivity contribution in [1.82, 2.24) is 0 Å². The van der Waals surface area contributed by atoms with E-state index in [1.54, 1.807) is 0 Å². The molecule has 92 valence electrons. The molecule has 2 rings (SSSR count). The molecule has 0 aromatic heterocycles. The van der Waals surface area contributed by atoms with Crippen LogP contribution >= 0.6 is 0 Å². The van der Waals surface area contributed by atoms with Crippen molar-refractivity contribution in [3.8, 4) is 5.75 Å². The molecule has 2 N–H and O–H groups in total. The zero-order valence-corrected chi connectivity index (χ0v) is 9.54. The molecule has 0 aliphatic heterocycles. The van der Waals surface area contributed by atoms with Gasteiger partial charge in [-0.15, -0.1) is 0 Å². The number of nitro groups is 1. The van der Waals surface area contributed by atoms with Crippen molar-refractivity contribution >= 4 is 11.4 Å². The standard InChI is InChI=1S/C13H12N2O3/c16-13-7-6-11(15(17)18)8-12(13)14-9-10-4-2-1-3-5-10/h1-8,14,16H,9H2. The Kier molecular flexibility index (Phi) is 3.43. The summed E-state index contributed by atoms with van der Waals surface area (Å²) in [4.78, 5) is 10.1. The first kappa shape index (κ1) is 11.9. The van der Waals surface area contributed by atoms with Gasteiger partial charge in [0.1, 0.15) is 5.75 Å². The van der Waals surface area contributed by atoms with Crippen LogP contribution in [0.2, 0.25) is 0 Å². The maximum absolute atomic E-state index is 10.6. The topological polar surface area (TPSA) is 75.4 Å². The SMILES string of the molecule is O=[N+]([O-])c1ccc(O)c(NCc2ccccc2)c1. The van der Waals surface area contributed by atoms with Gasteiger partial charge in [0.25, 0.3) is 5.69 Å². The van der Waals surface area contributed by atoms with E-state index in [4.69, 9.17) is 0 Å². The van der Waals surface area contributed by atoms with Crippen LogP contribution in [0.5, 0.6) is 5.75 Å². The van der Waals surface area contributed by atoms with Gasteiger partial charge in [-0.1, -0.05) is 30.3 Å². The minimum absolute atomic E-state index is 0.00321. The highest BCUT2D eigenvalue weighted by Crippen LogP contribution is 2.28. The lowest BCUT2D eigenvalue weighted by molar-refractivity contribution is -0.384. The zero-order chi connectivity index (χ0) is 13.0. The van der Waals surface area contributed by atoms with Gasteiger partial charge in [-0.05, 0) is 11.6 Å². The van der Waals surface area contributed by atoms with E-state index in [0.29, 0.717) is 12.2 Å². The third-order valence-electron chi connectivity index (χ3n) is 2.52. The van der Waals surface area contributed by atoms with E-state index in [0.717, 1.165) is 5.56 Å². The van der Waals surface area contributed by atoms with Crippen LogP contribution in [0.15, 0.2) is 48.5 Å². The first-order chi connectivity index (χ1) is 8.66. The number of hydrogen-bond acceptors (Lipinski definition) is 4. The van der Waals surface area contributed by atoms with E-state index in [9.17, 15) is 15.2 Å². The average molecular weight is 244 g/mol. The molecule has 0 bridgehead atoms. The summed E-state index contributed by atoms with van der Waals surface area (Å²) >= 11 is 0. The predicted octanol–water partition coefficient (Wildman–Crippen LogP) is 2.91. The first-order valence-corrected chi connectivity index (χ1v) is 5.42. The third-order valence-corrected chi connectivity index (χ3v) is 2.52. The van der Waals surface area contributed by atoms with Gasteiger partial charge >= 0.3 is 0 Å². The molecule has 0 amide bonds. The molecule has 0 radical (unpaired) electrons. The monoisotopic (exact) mass is 244 g/mol. The van der Waals surface area contributed by atoms with Gasteiger partial charge in [0.15, 0.2) is 0 Å². The number of nitrogens with zero attached hydrogens (tertiary/aromatic N) is 1. The van der Waals surface area contributed by atoms with Crippen LogP contribution in [-0.4, -0.2) is 10.0 Å². The van der Waals surface area contributed by atoms with Crippen molar-refractivity contribution < 1.29 is 10.0 Å². The minimum atomic E-state index is -0.493. The number of aromatic hydroxyl groups is 1. The molecule has 0 saturated heterocycles. The van der Waals surface area contributed by atoms with Gasteiger partial charge in [0.2, 0.25) is 0 Å². The van der Waals surface area contributed by atoms with Crippen LogP contribution in [0.25, 0.3) is 0 Å². The number of anilines is 1. The molecule has 0 aliphatic carbocycles. The molecular weight excluding hydrogens is 232 g/mol. The molecule has 5 heteroatoms. The van der Waals surface area contributed by atoms with Crippen molar-refractivity contribution in [2.24, 2.45) is 0 Å². The number of rotatable bonds is 4. The van der Waals surface area contributed by atoms with Crippen LogP contribution in [0.3, 0.4) is 0 Å². The number of benzene rings is 2. The van der Waals surface area contributed by atoms with Crippen LogP contribution in [-0.2, 0) is 6.54 Å². The lowest BCUT2D eigenvalue weighted by atomic mass is 10.2. The van der Waals surface area contributed by atoms with Crippen LogP contribution in [0.4, 0.5) is 11.4 Å². The fourth-order valence-electron chi connectivity index (χ4n) is 1.57. The number of non-ortho nitro benzene ring substituents is 1. The lowest BCUT2D eigenvalue weighted by Crippen LogP contribution is -2.00. The van der Waals surface area contributed by atoms with E-state index in [1.165, 1.54) is 18.2 Å². The fourth-order valence-corrected chi connectivity index (χ4v) is 1.57. The Hall–Kier alpha value is -2.56. The number of nitro benzene ring substituents is 1. The van der Waals surface area contributed by atoms with Gasteiger partial charge in [0.05, 0.1) is 10.6 Å². The molecule has 18 heavy (non-hydrogen) atoms. The molecule has 0 unspecified atom stereocenters. The Balaban J connectivity index is 2.14. The largest absolute Gasteiger partial charge is 0.506 e. The molecule has 2 aromatic rings. The summed E-state index contributed by atoms with van der Waals surface area (Å²) in [6.07, 6.45) is 0. The maximum atomic E-state index is 10.6. The summed E-state index contributed by atoms with van der Waals surface area (Å²) in [7, 11) is 0. The Bertz CT molecular complexity index is 555. The highest BCUT2D eigenvalue weighted by molar-refractivity contribution is 5.60. The van der Waals surface area contributed by atoms with Gasteiger partial charge < -0.3 is 10.4 Å². The minimum Gasteiger partial charge on any atom is -0.506 e. The fraction of sp³-hybridized carbons (Fsp3) is 0.0769. The van der Waals surface area contributed by atoms with Crippen LogP contribution < -0.4 is 5.32 Å². The van der Waals surface area contributed by atoms with Gasteiger partial charge in [-0.2, -0.15) is 0 Å². The number of hydrogen-bond donors (Lipinski definition) is 2. The molecule has 0 atom stereocenters. The summed E-state index contributed by atoms with van der Waals surface area (Å²) in [5.74, 6) is -0.00321. The van der Waals surface area contributed by atoms with Gasteiger partial charge in [-0.3, -0.25) is 10.1 Å². The van der Waals surface area contributed by atoms with E-state index >= 15 is 0 Å². The quantitative estimate of drug-likeness (QED) is 0.492. The second kappa shape index (κ2) is 5.18. The molecule has 0 fully saturated rings. The molecule has 0 heterocycles. The first-order valence-electron chi connectivity index (χ1n) is 5.42. The molecule has 0 aliphatic rings. The highest BCUT2D eigenvalue weighted by Gasteiger charge is 2.09. The predicted molar refractivity (Wildman–Crippen MR) is 68.5 cm³/mol. The Labute approximate surface area is 104 Å². The summed E-state index contributed by atoms with van der Waals surface area (Å²) in [5, 5.41) is 23.2. The number of phenols is 1. The Morgan fingerprint density at radius 2 is 1.89 bits per heavy atom. The Morgan fingerprint density at radius 3 is 2.56 bits per heavy atom. The van der Waals surface area contributed by atoms with Crippen molar-refractivity contribution in [1.29, 1.82) is 0 Å². The average Bonchev–Trinajstić information content (AvgIpc) is 2.38. The zero-order valence-electron chi connectivity index (χ0n) is 9.54. The third kappa shape index (κ3) is 2.76. The summed E-state index contributed by atoms with van der Waals surface area (Å²) in [6.45, 7) is 0.496. The van der Waals surface area contributed by atoms with Gasteiger partial charge in [0, 0.05) is 18.7 Å². The maximum Gasteiger partial charge on any atom is 0.271 e. The van der Waals surface area contributed by atoms with Crippen molar-refractivity contribution in [3.63, 3.8) is 0 Å². The van der Waals surface area contributed by atoms with Crippen molar-refractivity contribution in [2.45, 2.75) is 6.54 Å². The Morgan fingerprint density at radius 1 is 1.17 bits per heavy atom. The number of nitrogens with one attached hydrogen (secondary N) is 1. The molecular formula is C13H12N2O3. The van der Waals surface area contributed by atoms with E-state index < -0.39 is 4.92 Å². The van der Waals surface area contributed by atoms with Crippen LogP contribution in [0, 0.1) is 10.1 Å². The summed E-state index contributed by atoms with van der Waals surface area (Å²) < 4.78 is 0. The van der Waals surface area contributed by atoms with Gasteiger partial charge in [-0.25, -0.2) is 0 Å². The van der Waals surface area contributed by atoms with E-state index in [1.807, 2.05) is 30.3 Å². The normalized spacial score (nSPS) is 10.0. The second-order valence-electron chi connectivity index (χ2n) is 3.80. The van der Waals surface area contributed by atoms with E-state index in [2.05, 4.69) is 5.32 Å². The molecule has 0 saturated carbocycles. The molecule has 0 spiro atoms. The smallest absolute Gasteiger partial charge is 0.271 e.